The number of piperidine rings is 1. The first kappa shape index (κ1) is 15.8. The van der Waals surface area contributed by atoms with Gasteiger partial charge in [-0.15, -0.1) is 10.2 Å². The van der Waals surface area contributed by atoms with Crippen molar-refractivity contribution < 1.29 is 4.79 Å². The Morgan fingerprint density at radius 2 is 1.70 bits per heavy atom. The number of amides is 1. The van der Waals surface area contributed by atoms with Crippen LogP contribution in [-0.4, -0.2) is 38.2 Å². The molecule has 0 spiro atoms. The molecule has 0 saturated carbocycles. The molecular weight excluding hydrogens is 290 g/mol. The van der Waals surface area contributed by atoms with Crippen LogP contribution in [0.3, 0.4) is 0 Å². The van der Waals surface area contributed by atoms with Crippen LogP contribution in [0.2, 0.25) is 0 Å². The van der Waals surface area contributed by atoms with Crippen molar-refractivity contribution in [3.05, 3.63) is 30.1 Å². The maximum absolute atomic E-state index is 12.5. The quantitative estimate of drug-likeness (QED) is 0.887. The first-order valence-electron chi connectivity index (χ1n) is 7.94. The van der Waals surface area contributed by atoms with Gasteiger partial charge in [0.15, 0.2) is 0 Å². The molecule has 0 atom stereocenters. The average molecular weight is 313 g/mol. The van der Waals surface area contributed by atoms with Gasteiger partial charge < -0.3 is 10.6 Å². The summed E-state index contributed by atoms with van der Waals surface area (Å²) in [6.07, 6.45) is 1.73. The fraction of sp³-hybridized carbons (Fsp3) is 0.529. The molecule has 2 aromatic rings. The molecule has 1 aromatic carbocycles. The highest BCUT2D eigenvalue weighted by Crippen LogP contribution is 2.28. The summed E-state index contributed by atoms with van der Waals surface area (Å²) in [4.78, 5) is 16.8. The van der Waals surface area contributed by atoms with Crippen LogP contribution in [0.4, 0.5) is 0 Å². The lowest BCUT2D eigenvalue weighted by molar-refractivity contribution is 0.0862. The number of nitrogens with one attached hydrogen (secondary N) is 2. The van der Waals surface area contributed by atoms with Crippen LogP contribution in [0, 0.1) is 0 Å². The number of benzene rings is 1. The monoisotopic (exact) mass is 313 g/mol. The Morgan fingerprint density at radius 3 is 2.35 bits per heavy atom. The van der Waals surface area contributed by atoms with Gasteiger partial charge in [0.25, 0.3) is 5.91 Å². The minimum absolute atomic E-state index is 0.0256. The van der Waals surface area contributed by atoms with Crippen molar-refractivity contribution in [1.82, 2.24) is 25.8 Å². The van der Waals surface area contributed by atoms with E-state index < -0.39 is 0 Å². The van der Waals surface area contributed by atoms with Crippen molar-refractivity contribution in [2.75, 3.05) is 0 Å². The van der Waals surface area contributed by atoms with E-state index in [1.807, 2.05) is 24.3 Å². The zero-order chi connectivity index (χ0) is 16.7. The van der Waals surface area contributed by atoms with Crippen LogP contribution < -0.4 is 10.6 Å². The second-order valence-corrected chi connectivity index (χ2v) is 7.60. The second kappa shape index (κ2) is 5.53. The molecule has 0 unspecified atom stereocenters. The van der Waals surface area contributed by atoms with Gasteiger partial charge in [-0.25, -0.2) is 4.98 Å². The van der Waals surface area contributed by atoms with E-state index in [1.165, 1.54) is 0 Å². The van der Waals surface area contributed by atoms with E-state index >= 15 is 0 Å². The summed E-state index contributed by atoms with van der Waals surface area (Å²) in [6.45, 7) is 8.62. The molecule has 0 radical (unpaired) electrons. The normalized spacial score (nSPS) is 20.3. The number of aromatic nitrogens is 3. The number of carbonyl (C=O) groups is 1. The molecule has 6 heteroatoms. The van der Waals surface area contributed by atoms with Gasteiger partial charge in [-0.05, 0) is 52.7 Å². The van der Waals surface area contributed by atoms with E-state index in [-0.39, 0.29) is 28.9 Å². The highest BCUT2D eigenvalue weighted by molar-refractivity contribution is 5.92. The third kappa shape index (κ3) is 3.64. The molecule has 1 aromatic heterocycles. The van der Waals surface area contributed by atoms with Crippen LogP contribution in [-0.2, 0) is 0 Å². The van der Waals surface area contributed by atoms with E-state index in [9.17, 15) is 4.79 Å². The Hall–Kier alpha value is -2.08. The number of rotatable bonds is 2. The van der Waals surface area contributed by atoms with E-state index in [0.29, 0.717) is 11.0 Å². The maximum atomic E-state index is 12.5. The smallest absolute Gasteiger partial charge is 0.291 e. The zero-order valence-electron chi connectivity index (χ0n) is 14.1. The fourth-order valence-electron chi connectivity index (χ4n) is 3.65. The van der Waals surface area contributed by atoms with Crippen molar-refractivity contribution in [3.8, 4) is 0 Å². The SMILES string of the molecule is CC1(C)CC(NC(=O)c2nnc3ccccc3n2)CC(C)(C)N1. The van der Waals surface area contributed by atoms with E-state index in [2.05, 4.69) is 53.5 Å². The van der Waals surface area contributed by atoms with Crippen LogP contribution >= 0.6 is 0 Å². The lowest BCUT2D eigenvalue weighted by Crippen LogP contribution is -2.62. The topological polar surface area (TPSA) is 79.8 Å². The summed E-state index contributed by atoms with van der Waals surface area (Å²) in [5.41, 5.74) is 1.32. The molecule has 1 aliphatic rings. The Balaban J connectivity index is 1.77. The molecule has 23 heavy (non-hydrogen) atoms. The molecule has 1 aliphatic heterocycles. The predicted octanol–water partition coefficient (Wildman–Crippen LogP) is 2.06. The Bertz CT molecular complexity index is 725. The lowest BCUT2D eigenvalue weighted by atomic mass is 9.79. The van der Waals surface area contributed by atoms with E-state index in [1.54, 1.807) is 0 Å². The standard InChI is InChI=1S/C17H23N5O/c1-16(2)9-11(10-17(3,4)22-16)18-15(23)14-19-12-7-5-6-8-13(12)20-21-14/h5-8,11,22H,9-10H2,1-4H3,(H,18,23). The van der Waals surface area contributed by atoms with Gasteiger partial charge in [-0.1, -0.05) is 12.1 Å². The van der Waals surface area contributed by atoms with Crippen molar-refractivity contribution in [1.29, 1.82) is 0 Å². The Labute approximate surface area is 136 Å². The lowest BCUT2D eigenvalue weighted by Gasteiger charge is -2.46. The number of hydrogen-bond donors (Lipinski definition) is 2. The fourth-order valence-corrected chi connectivity index (χ4v) is 3.65. The number of nitrogens with zero attached hydrogens (tertiary/aromatic N) is 3. The molecule has 2 N–H and O–H groups in total. The first-order chi connectivity index (χ1) is 10.7. The van der Waals surface area contributed by atoms with Gasteiger partial charge in [-0.2, -0.15) is 0 Å². The van der Waals surface area contributed by atoms with Gasteiger partial charge in [0.05, 0.1) is 5.52 Å². The first-order valence-corrected chi connectivity index (χ1v) is 7.94. The third-order valence-corrected chi connectivity index (χ3v) is 4.09. The van der Waals surface area contributed by atoms with Gasteiger partial charge in [0, 0.05) is 17.1 Å². The highest BCUT2D eigenvalue weighted by Gasteiger charge is 2.38. The molecule has 2 heterocycles. The molecule has 122 valence electrons. The Kier molecular flexibility index (Phi) is 3.80. The maximum Gasteiger partial charge on any atom is 0.291 e. The largest absolute Gasteiger partial charge is 0.346 e. The van der Waals surface area contributed by atoms with Crippen LogP contribution in [0.25, 0.3) is 11.0 Å². The molecule has 3 rings (SSSR count). The number of carbonyl (C=O) groups excluding carboxylic acids is 1. The highest BCUT2D eigenvalue weighted by atomic mass is 16.2. The van der Waals surface area contributed by atoms with Gasteiger partial charge in [0.1, 0.15) is 5.52 Å². The third-order valence-electron chi connectivity index (χ3n) is 4.09. The second-order valence-electron chi connectivity index (χ2n) is 7.60. The van der Waals surface area contributed by atoms with Gasteiger partial charge in [0.2, 0.25) is 5.82 Å². The van der Waals surface area contributed by atoms with E-state index in [4.69, 9.17) is 0 Å². The van der Waals surface area contributed by atoms with Crippen LogP contribution in [0.1, 0.15) is 51.2 Å². The van der Waals surface area contributed by atoms with Crippen LogP contribution in [0.5, 0.6) is 0 Å². The summed E-state index contributed by atoms with van der Waals surface area (Å²) in [6, 6.07) is 7.49. The van der Waals surface area contributed by atoms with E-state index in [0.717, 1.165) is 12.8 Å². The van der Waals surface area contributed by atoms with Crippen molar-refractivity contribution in [3.63, 3.8) is 0 Å². The summed E-state index contributed by atoms with van der Waals surface area (Å²) in [5, 5.41) is 14.7. The zero-order valence-corrected chi connectivity index (χ0v) is 14.1. The van der Waals surface area contributed by atoms with Gasteiger partial charge >= 0.3 is 0 Å². The van der Waals surface area contributed by atoms with Crippen LogP contribution in [0.15, 0.2) is 24.3 Å². The predicted molar refractivity (Wildman–Crippen MR) is 89.1 cm³/mol. The molecule has 0 bridgehead atoms. The summed E-state index contributed by atoms with van der Waals surface area (Å²) >= 11 is 0. The minimum atomic E-state index is -0.262. The molecule has 1 fully saturated rings. The average Bonchev–Trinajstić information content (AvgIpc) is 2.43. The molecule has 1 saturated heterocycles. The number of hydrogen-bond acceptors (Lipinski definition) is 5. The summed E-state index contributed by atoms with van der Waals surface area (Å²) in [7, 11) is 0. The van der Waals surface area contributed by atoms with Crippen molar-refractivity contribution >= 4 is 16.9 Å². The van der Waals surface area contributed by atoms with Gasteiger partial charge in [-0.3, -0.25) is 4.79 Å². The molecule has 6 nitrogen and oxygen atoms in total. The molecular formula is C17H23N5O. The molecule has 1 amide bonds. The number of para-hydroxylation sites is 1. The summed E-state index contributed by atoms with van der Waals surface area (Å²) in [5.74, 6) is -0.139. The van der Waals surface area contributed by atoms with Crippen molar-refractivity contribution in [2.45, 2.75) is 57.7 Å². The number of fused-ring (bicyclic) bond motifs is 1. The molecule has 0 aliphatic carbocycles. The summed E-state index contributed by atoms with van der Waals surface area (Å²) < 4.78 is 0. The Morgan fingerprint density at radius 1 is 1.09 bits per heavy atom. The minimum Gasteiger partial charge on any atom is -0.346 e. The van der Waals surface area contributed by atoms with Crippen molar-refractivity contribution in [2.24, 2.45) is 0 Å².